The first-order valence-corrected chi connectivity index (χ1v) is 10.2. The highest BCUT2D eigenvalue weighted by Gasteiger charge is 2.37. The molecule has 2 aliphatic rings. The first-order chi connectivity index (χ1) is 13.9. The molecule has 0 spiro atoms. The number of carbonyl (C=O) groups is 1. The molecule has 152 valence electrons. The van der Waals surface area contributed by atoms with Gasteiger partial charge in [-0.25, -0.2) is 9.97 Å². The van der Waals surface area contributed by atoms with Crippen molar-refractivity contribution in [3.8, 4) is 11.5 Å². The number of likely N-dealkylation sites (tertiary alicyclic amines) is 1. The number of amides is 1. The molecule has 1 atom stereocenters. The molecule has 1 saturated heterocycles. The topological polar surface area (TPSA) is 67.8 Å². The van der Waals surface area contributed by atoms with E-state index in [-0.39, 0.29) is 5.91 Å². The van der Waals surface area contributed by atoms with Crippen molar-refractivity contribution in [1.29, 1.82) is 0 Å². The summed E-state index contributed by atoms with van der Waals surface area (Å²) in [5, 5.41) is 0. The van der Waals surface area contributed by atoms with E-state index in [0.29, 0.717) is 40.5 Å². The van der Waals surface area contributed by atoms with Gasteiger partial charge >= 0.3 is 0 Å². The maximum Gasteiger partial charge on any atom is 0.255 e. The number of aromatic nitrogens is 2. The zero-order chi connectivity index (χ0) is 20.7. The summed E-state index contributed by atoms with van der Waals surface area (Å²) in [5.41, 5.74) is 3.71. The van der Waals surface area contributed by atoms with Crippen molar-refractivity contribution in [3.63, 3.8) is 0 Å². The van der Waals surface area contributed by atoms with E-state index in [9.17, 15) is 4.79 Å². The number of methoxy groups -OCH3 is 2. The van der Waals surface area contributed by atoms with Crippen LogP contribution >= 0.6 is 15.9 Å². The van der Waals surface area contributed by atoms with Gasteiger partial charge in [-0.2, -0.15) is 0 Å². The molecular formula is C21H23BrN4O3. The third-order valence-electron chi connectivity index (χ3n) is 5.30. The summed E-state index contributed by atoms with van der Waals surface area (Å²) in [5.74, 6) is 2.12. The lowest BCUT2D eigenvalue weighted by molar-refractivity contribution is 0.0787. The Hall–Kier alpha value is -2.61. The molecule has 1 aromatic carbocycles. The van der Waals surface area contributed by atoms with Crippen LogP contribution in [0.4, 0.5) is 5.95 Å². The highest BCUT2D eigenvalue weighted by atomic mass is 79.9. The average Bonchev–Trinajstić information content (AvgIpc) is 3.25. The van der Waals surface area contributed by atoms with E-state index in [1.807, 2.05) is 24.8 Å². The Balaban J connectivity index is 1.53. The third kappa shape index (κ3) is 3.69. The van der Waals surface area contributed by atoms with Crippen molar-refractivity contribution < 1.29 is 14.3 Å². The molecule has 0 radical (unpaired) electrons. The van der Waals surface area contributed by atoms with Crippen molar-refractivity contribution in [3.05, 3.63) is 51.4 Å². The SMILES string of the molecule is COc1cc(Br)c(C(=O)N2CC3=CN(c4nc(C)cc(C)n4)CC3C2)cc1OC. The predicted octanol–water partition coefficient (Wildman–Crippen LogP) is 3.35. The second kappa shape index (κ2) is 7.67. The number of nitrogens with zero attached hydrogens (tertiary/aromatic N) is 4. The Morgan fingerprint density at radius 2 is 1.72 bits per heavy atom. The van der Waals surface area contributed by atoms with Gasteiger partial charge in [-0.3, -0.25) is 4.79 Å². The predicted molar refractivity (Wildman–Crippen MR) is 114 cm³/mol. The molecule has 1 unspecified atom stereocenters. The number of benzene rings is 1. The van der Waals surface area contributed by atoms with Gasteiger partial charge in [-0.1, -0.05) is 0 Å². The van der Waals surface area contributed by atoms with Crippen molar-refractivity contribution in [2.75, 3.05) is 38.8 Å². The van der Waals surface area contributed by atoms with Crippen LogP contribution in [-0.2, 0) is 0 Å². The Labute approximate surface area is 178 Å². The van der Waals surface area contributed by atoms with Crippen LogP contribution in [0, 0.1) is 19.8 Å². The molecule has 0 bridgehead atoms. The molecular weight excluding hydrogens is 436 g/mol. The van der Waals surface area contributed by atoms with Gasteiger partial charge < -0.3 is 19.3 Å². The lowest BCUT2D eigenvalue weighted by atomic mass is 10.1. The van der Waals surface area contributed by atoms with Crippen LogP contribution < -0.4 is 14.4 Å². The standard InChI is InChI=1S/C21H23BrN4O3/c1-12-5-13(2)24-21(23-12)26-10-14-8-25(9-15(14)11-26)20(27)16-6-18(28-3)19(29-4)7-17(16)22/h5-7,10,15H,8-9,11H2,1-4H3. The van der Waals surface area contributed by atoms with E-state index in [4.69, 9.17) is 9.47 Å². The van der Waals surface area contributed by atoms with Crippen LogP contribution in [0.1, 0.15) is 21.7 Å². The van der Waals surface area contributed by atoms with Crippen molar-refractivity contribution in [2.24, 2.45) is 5.92 Å². The number of hydrogen-bond donors (Lipinski definition) is 0. The van der Waals surface area contributed by atoms with Crippen molar-refractivity contribution in [2.45, 2.75) is 13.8 Å². The molecule has 3 heterocycles. The largest absolute Gasteiger partial charge is 0.493 e. The van der Waals surface area contributed by atoms with Gasteiger partial charge in [-0.15, -0.1) is 0 Å². The lowest BCUT2D eigenvalue weighted by Crippen LogP contribution is -2.31. The van der Waals surface area contributed by atoms with Crippen LogP contribution in [-0.4, -0.2) is 54.6 Å². The number of carbonyl (C=O) groups excluding carboxylic acids is 1. The zero-order valence-electron chi connectivity index (χ0n) is 16.9. The van der Waals surface area contributed by atoms with Gasteiger partial charge in [-0.05, 0) is 53.5 Å². The van der Waals surface area contributed by atoms with E-state index in [1.54, 1.807) is 26.4 Å². The van der Waals surface area contributed by atoms with Gasteiger partial charge in [0, 0.05) is 47.6 Å². The lowest BCUT2D eigenvalue weighted by Gasteiger charge is -2.21. The molecule has 1 aromatic heterocycles. The molecule has 7 nitrogen and oxygen atoms in total. The number of ether oxygens (including phenoxy) is 2. The molecule has 1 amide bonds. The summed E-state index contributed by atoms with van der Waals surface area (Å²) in [7, 11) is 3.14. The maximum absolute atomic E-state index is 13.1. The second-order valence-electron chi connectivity index (χ2n) is 7.38. The summed E-state index contributed by atoms with van der Waals surface area (Å²) in [6, 6.07) is 5.46. The number of rotatable bonds is 4. The summed E-state index contributed by atoms with van der Waals surface area (Å²) in [6.45, 7) is 6.01. The van der Waals surface area contributed by atoms with E-state index < -0.39 is 0 Å². The Morgan fingerprint density at radius 3 is 2.34 bits per heavy atom. The molecule has 0 N–H and O–H groups in total. The number of aryl methyl sites for hydroxylation is 2. The quantitative estimate of drug-likeness (QED) is 0.699. The van der Waals surface area contributed by atoms with Crippen molar-refractivity contribution >= 4 is 27.8 Å². The molecule has 2 aromatic rings. The molecule has 1 fully saturated rings. The van der Waals surface area contributed by atoms with E-state index in [2.05, 4.69) is 37.0 Å². The minimum Gasteiger partial charge on any atom is -0.493 e. The molecule has 29 heavy (non-hydrogen) atoms. The minimum atomic E-state index is -0.0256. The molecule has 2 aliphatic heterocycles. The number of halogens is 1. The van der Waals surface area contributed by atoms with Crippen LogP contribution in [0.2, 0.25) is 0 Å². The van der Waals surface area contributed by atoms with Gasteiger partial charge in [0.15, 0.2) is 11.5 Å². The van der Waals surface area contributed by atoms with Gasteiger partial charge in [0.1, 0.15) is 0 Å². The molecule has 0 saturated carbocycles. The highest BCUT2D eigenvalue weighted by molar-refractivity contribution is 9.10. The van der Waals surface area contributed by atoms with E-state index >= 15 is 0 Å². The minimum absolute atomic E-state index is 0.0256. The average molecular weight is 459 g/mol. The monoisotopic (exact) mass is 458 g/mol. The van der Waals surface area contributed by atoms with Crippen LogP contribution in [0.5, 0.6) is 11.5 Å². The maximum atomic E-state index is 13.1. The number of fused-ring (bicyclic) bond motifs is 1. The first kappa shape index (κ1) is 19.7. The Kier molecular flexibility index (Phi) is 5.21. The summed E-state index contributed by atoms with van der Waals surface area (Å²) >= 11 is 3.49. The molecule has 8 heteroatoms. The second-order valence-corrected chi connectivity index (χ2v) is 8.23. The zero-order valence-corrected chi connectivity index (χ0v) is 18.5. The summed E-state index contributed by atoms with van der Waals surface area (Å²) < 4.78 is 11.3. The third-order valence-corrected chi connectivity index (χ3v) is 5.95. The fourth-order valence-electron chi connectivity index (χ4n) is 3.93. The number of hydrogen-bond acceptors (Lipinski definition) is 6. The Morgan fingerprint density at radius 1 is 1.07 bits per heavy atom. The van der Waals surface area contributed by atoms with Gasteiger partial charge in [0.05, 0.1) is 19.8 Å². The van der Waals surface area contributed by atoms with Gasteiger partial charge in [0.25, 0.3) is 5.91 Å². The number of anilines is 1. The van der Waals surface area contributed by atoms with E-state index in [1.165, 1.54) is 5.57 Å². The summed E-state index contributed by atoms with van der Waals surface area (Å²) in [6.07, 6.45) is 2.09. The van der Waals surface area contributed by atoms with Crippen LogP contribution in [0.15, 0.2) is 34.4 Å². The van der Waals surface area contributed by atoms with Crippen molar-refractivity contribution in [1.82, 2.24) is 14.9 Å². The smallest absolute Gasteiger partial charge is 0.255 e. The normalized spacial score (nSPS) is 18.0. The Bertz CT molecular complexity index is 987. The highest BCUT2D eigenvalue weighted by Crippen LogP contribution is 2.36. The first-order valence-electron chi connectivity index (χ1n) is 9.40. The summed E-state index contributed by atoms with van der Waals surface area (Å²) in [4.78, 5) is 26.2. The molecule has 0 aliphatic carbocycles. The molecule has 4 rings (SSSR count). The van der Waals surface area contributed by atoms with Gasteiger partial charge in [0.2, 0.25) is 5.95 Å². The fourth-order valence-corrected chi connectivity index (χ4v) is 4.42. The van der Waals surface area contributed by atoms with Crippen LogP contribution in [0.25, 0.3) is 0 Å². The van der Waals surface area contributed by atoms with E-state index in [0.717, 1.165) is 23.9 Å². The van der Waals surface area contributed by atoms with Crippen LogP contribution in [0.3, 0.4) is 0 Å². The fraction of sp³-hybridized carbons (Fsp3) is 0.381.